The summed E-state index contributed by atoms with van der Waals surface area (Å²) < 4.78 is 10.5. The van der Waals surface area contributed by atoms with Crippen molar-refractivity contribution in [3.05, 3.63) is 66.2 Å². The molecule has 1 atom stereocenters. The molecule has 0 aliphatic heterocycles. The van der Waals surface area contributed by atoms with Crippen LogP contribution in [0, 0.1) is 0 Å². The second kappa shape index (κ2) is 11.8. The molecule has 0 bridgehead atoms. The molecule has 6 nitrogen and oxygen atoms in total. The van der Waals surface area contributed by atoms with E-state index in [2.05, 4.69) is 5.32 Å². The highest BCUT2D eigenvalue weighted by Crippen LogP contribution is 2.08. The maximum absolute atomic E-state index is 12.4. The minimum Gasteiger partial charge on any atom is -0.484 e. The van der Waals surface area contributed by atoms with E-state index in [0.29, 0.717) is 23.5 Å². The molecule has 0 radical (unpaired) electrons. The summed E-state index contributed by atoms with van der Waals surface area (Å²) in [5, 5.41) is 2.62. The van der Waals surface area contributed by atoms with E-state index in [-0.39, 0.29) is 19.0 Å². The van der Waals surface area contributed by atoms with Gasteiger partial charge in [0, 0.05) is 5.56 Å². The Hall–Kier alpha value is -2.80. The van der Waals surface area contributed by atoms with Gasteiger partial charge in [-0.1, -0.05) is 48.5 Å². The summed E-state index contributed by atoms with van der Waals surface area (Å²) in [4.78, 5) is 36.6. The predicted molar refractivity (Wildman–Crippen MR) is 109 cm³/mol. The van der Waals surface area contributed by atoms with Crippen molar-refractivity contribution < 1.29 is 23.9 Å². The van der Waals surface area contributed by atoms with Crippen LogP contribution in [0.1, 0.15) is 16.8 Å². The molecule has 0 saturated carbocycles. The van der Waals surface area contributed by atoms with Crippen molar-refractivity contribution in [3.8, 4) is 5.75 Å². The second-order valence-electron chi connectivity index (χ2n) is 5.90. The van der Waals surface area contributed by atoms with Crippen molar-refractivity contribution in [2.75, 3.05) is 25.2 Å². The van der Waals surface area contributed by atoms with Gasteiger partial charge < -0.3 is 14.8 Å². The highest BCUT2D eigenvalue weighted by molar-refractivity contribution is 7.98. The van der Waals surface area contributed by atoms with Gasteiger partial charge in [0.1, 0.15) is 11.8 Å². The number of benzene rings is 2. The molecule has 7 heteroatoms. The van der Waals surface area contributed by atoms with Crippen molar-refractivity contribution in [2.24, 2.45) is 0 Å². The van der Waals surface area contributed by atoms with Crippen molar-refractivity contribution in [1.82, 2.24) is 5.32 Å². The minimum absolute atomic E-state index is 0.212. The number of ketones is 1. The molecule has 0 saturated heterocycles. The number of carbonyl (C=O) groups is 3. The first-order valence-electron chi connectivity index (χ1n) is 8.81. The molecule has 2 aromatic rings. The number of carbonyl (C=O) groups excluding carboxylic acids is 3. The quantitative estimate of drug-likeness (QED) is 0.461. The normalized spacial score (nSPS) is 11.3. The molecule has 1 N–H and O–H groups in total. The van der Waals surface area contributed by atoms with Crippen LogP contribution in [0.15, 0.2) is 60.7 Å². The van der Waals surface area contributed by atoms with E-state index in [9.17, 15) is 14.4 Å². The van der Waals surface area contributed by atoms with Crippen LogP contribution in [0.3, 0.4) is 0 Å². The van der Waals surface area contributed by atoms with Gasteiger partial charge in [-0.05, 0) is 30.6 Å². The Labute approximate surface area is 168 Å². The summed E-state index contributed by atoms with van der Waals surface area (Å²) in [6, 6.07) is 16.7. The Morgan fingerprint density at radius 2 is 1.61 bits per heavy atom. The van der Waals surface area contributed by atoms with Crippen LogP contribution in [0.5, 0.6) is 5.75 Å². The van der Waals surface area contributed by atoms with Crippen molar-refractivity contribution >= 4 is 29.4 Å². The van der Waals surface area contributed by atoms with Crippen molar-refractivity contribution in [2.45, 2.75) is 12.5 Å². The summed E-state index contributed by atoms with van der Waals surface area (Å²) in [5.74, 6) is -0.134. The molecule has 2 aromatic carbocycles. The molecule has 0 fully saturated rings. The zero-order valence-electron chi connectivity index (χ0n) is 15.6. The van der Waals surface area contributed by atoms with Crippen LogP contribution in [-0.4, -0.2) is 48.9 Å². The summed E-state index contributed by atoms with van der Waals surface area (Å²) in [7, 11) is 0. The predicted octanol–water partition coefficient (Wildman–Crippen LogP) is 2.73. The fourth-order valence-electron chi connectivity index (χ4n) is 2.33. The van der Waals surface area contributed by atoms with Crippen LogP contribution in [0.2, 0.25) is 0 Å². The third-order valence-corrected chi connectivity index (χ3v) is 4.43. The molecule has 0 aliphatic rings. The van der Waals surface area contributed by atoms with Gasteiger partial charge in [0.25, 0.3) is 5.91 Å². The third kappa shape index (κ3) is 7.44. The Morgan fingerprint density at radius 1 is 0.964 bits per heavy atom. The SMILES string of the molecule is CSCC[C@@H](NC(=O)COc1ccccc1)C(=O)OCC(=O)c1ccccc1. The summed E-state index contributed by atoms with van der Waals surface area (Å²) in [6.07, 6.45) is 2.30. The lowest BCUT2D eigenvalue weighted by atomic mass is 10.1. The number of hydrogen-bond donors (Lipinski definition) is 1. The van der Waals surface area contributed by atoms with E-state index in [0.717, 1.165) is 0 Å². The molecule has 0 heterocycles. The number of amides is 1. The smallest absolute Gasteiger partial charge is 0.329 e. The Bertz CT molecular complexity index is 767. The van der Waals surface area contributed by atoms with Gasteiger partial charge in [0.2, 0.25) is 0 Å². The Kier molecular flexibility index (Phi) is 9.07. The first-order valence-corrected chi connectivity index (χ1v) is 10.2. The molecular formula is C21H23NO5S. The van der Waals surface area contributed by atoms with Crippen LogP contribution < -0.4 is 10.1 Å². The number of hydrogen-bond acceptors (Lipinski definition) is 6. The fourth-order valence-corrected chi connectivity index (χ4v) is 2.80. The maximum Gasteiger partial charge on any atom is 0.329 e. The number of Topliss-reactive ketones (excluding diaryl/α,β-unsaturated/α-hetero) is 1. The van der Waals surface area contributed by atoms with Gasteiger partial charge >= 0.3 is 5.97 Å². The monoisotopic (exact) mass is 401 g/mol. The number of para-hydroxylation sites is 1. The number of rotatable bonds is 11. The highest BCUT2D eigenvalue weighted by Gasteiger charge is 2.23. The van der Waals surface area contributed by atoms with E-state index in [1.807, 2.05) is 12.3 Å². The first kappa shape index (κ1) is 21.5. The van der Waals surface area contributed by atoms with E-state index in [4.69, 9.17) is 9.47 Å². The molecule has 0 spiro atoms. The van der Waals surface area contributed by atoms with E-state index < -0.39 is 17.9 Å². The third-order valence-electron chi connectivity index (χ3n) is 3.78. The lowest BCUT2D eigenvalue weighted by molar-refractivity contribution is -0.147. The molecule has 148 valence electrons. The standard InChI is InChI=1S/C21H23NO5S/c1-28-13-12-18(22-20(24)15-26-17-10-6-3-7-11-17)21(25)27-14-19(23)16-8-4-2-5-9-16/h2-11,18H,12-15H2,1H3,(H,22,24)/t18-/m1/s1. The topological polar surface area (TPSA) is 81.7 Å². The molecule has 0 unspecified atom stereocenters. The Morgan fingerprint density at radius 3 is 2.25 bits per heavy atom. The van der Waals surface area contributed by atoms with Gasteiger partial charge in [0.05, 0.1) is 0 Å². The van der Waals surface area contributed by atoms with Crippen LogP contribution in [-0.2, 0) is 14.3 Å². The second-order valence-corrected chi connectivity index (χ2v) is 6.89. The van der Waals surface area contributed by atoms with Crippen LogP contribution in [0.4, 0.5) is 0 Å². The van der Waals surface area contributed by atoms with Gasteiger partial charge in [-0.15, -0.1) is 0 Å². The summed E-state index contributed by atoms with van der Waals surface area (Å²) >= 11 is 1.55. The molecule has 28 heavy (non-hydrogen) atoms. The molecule has 0 aromatic heterocycles. The minimum atomic E-state index is -0.831. The summed E-state index contributed by atoms with van der Waals surface area (Å²) in [6.45, 7) is -0.578. The largest absolute Gasteiger partial charge is 0.484 e. The van der Waals surface area contributed by atoms with Crippen LogP contribution >= 0.6 is 11.8 Å². The van der Waals surface area contributed by atoms with E-state index >= 15 is 0 Å². The molecule has 0 aliphatic carbocycles. The Balaban J connectivity index is 1.85. The van der Waals surface area contributed by atoms with Gasteiger partial charge in [0.15, 0.2) is 19.0 Å². The number of ether oxygens (including phenoxy) is 2. The summed E-state index contributed by atoms with van der Waals surface area (Å²) in [5.41, 5.74) is 0.469. The number of nitrogens with one attached hydrogen (secondary N) is 1. The van der Waals surface area contributed by atoms with Crippen molar-refractivity contribution in [1.29, 1.82) is 0 Å². The van der Waals surface area contributed by atoms with Gasteiger partial charge in [-0.3, -0.25) is 9.59 Å². The average molecular weight is 401 g/mol. The molecule has 2 rings (SSSR count). The van der Waals surface area contributed by atoms with Crippen LogP contribution in [0.25, 0.3) is 0 Å². The van der Waals surface area contributed by atoms with Crippen molar-refractivity contribution in [3.63, 3.8) is 0 Å². The zero-order chi connectivity index (χ0) is 20.2. The molecule has 1 amide bonds. The highest BCUT2D eigenvalue weighted by atomic mass is 32.2. The first-order chi connectivity index (χ1) is 13.6. The molecular weight excluding hydrogens is 378 g/mol. The van der Waals surface area contributed by atoms with Gasteiger partial charge in [-0.2, -0.15) is 11.8 Å². The zero-order valence-corrected chi connectivity index (χ0v) is 16.4. The lowest BCUT2D eigenvalue weighted by Crippen LogP contribution is -2.44. The average Bonchev–Trinajstić information content (AvgIpc) is 2.74. The number of esters is 1. The fraction of sp³-hybridized carbons (Fsp3) is 0.286. The maximum atomic E-state index is 12.4. The van der Waals surface area contributed by atoms with Gasteiger partial charge in [-0.25, -0.2) is 4.79 Å². The van der Waals surface area contributed by atoms with E-state index in [1.165, 1.54) is 0 Å². The lowest BCUT2D eigenvalue weighted by Gasteiger charge is -2.17. The van der Waals surface area contributed by atoms with E-state index in [1.54, 1.807) is 66.4 Å². The number of thioether (sulfide) groups is 1.